The summed E-state index contributed by atoms with van der Waals surface area (Å²) in [7, 11) is 0. The summed E-state index contributed by atoms with van der Waals surface area (Å²) < 4.78 is 0. The molecule has 1 nitrogen and oxygen atoms in total. The Morgan fingerprint density at radius 1 is 1.38 bits per heavy atom. The lowest BCUT2D eigenvalue weighted by atomic mass is 10.0. The molecule has 0 saturated heterocycles. The van der Waals surface area contributed by atoms with Crippen molar-refractivity contribution in [2.45, 2.75) is 25.4 Å². The van der Waals surface area contributed by atoms with E-state index in [1.165, 1.54) is 5.56 Å². The summed E-state index contributed by atoms with van der Waals surface area (Å²) in [5, 5.41) is 0. The van der Waals surface area contributed by atoms with Crippen molar-refractivity contribution < 1.29 is 0 Å². The maximum absolute atomic E-state index is 3.92. The van der Waals surface area contributed by atoms with Crippen LogP contribution in [-0.2, 0) is 0 Å². The van der Waals surface area contributed by atoms with Crippen LogP contribution in [0.4, 0.5) is 0 Å². The predicted octanol–water partition coefficient (Wildman–Crippen LogP) is 3.56. The van der Waals surface area contributed by atoms with Crippen LogP contribution in [0.15, 0.2) is 55.1 Å². The van der Waals surface area contributed by atoms with Gasteiger partial charge in [0.1, 0.15) is 0 Å². The second-order valence-corrected chi connectivity index (χ2v) is 4.27. The van der Waals surface area contributed by atoms with Gasteiger partial charge < -0.3 is 0 Å². The Labute approximate surface area is 98.1 Å². The van der Waals surface area contributed by atoms with Gasteiger partial charge in [-0.15, -0.1) is 6.58 Å². The van der Waals surface area contributed by atoms with Gasteiger partial charge in [-0.3, -0.25) is 4.90 Å². The Morgan fingerprint density at radius 2 is 2.12 bits per heavy atom. The van der Waals surface area contributed by atoms with Gasteiger partial charge in [0.05, 0.1) is 0 Å². The quantitative estimate of drug-likeness (QED) is 0.694. The number of rotatable bonds is 3. The van der Waals surface area contributed by atoms with Crippen LogP contribution in [0.5, 0.6) is 0 Å². The molecule has 1 aromatic carbocycles. The van der Waals surface area contributed by atoms with Crippen molar-refractivity contribution in [3.8, 4) is 0 Å². The lowest BCUT2D eigenvalue weighted by molar-refractivity contribution is 0.192. The van der Waals surface area contributed by atoms with E-state index in [0.717, 1.165) is 13.0 Å². The molecule has 0 amide bonds. The Kier molecular flexibility index (Phi) is 3.58. The van der Waals surface area contributed by atoms with Crippen molar-refractivity contribution in [3.05, 3.63) is 60.7 Å². The van der Waals surface area contributed by atoms with Crippen LogP contribution in [0, 0.1) is 0 Å². The van der Waals surface area contributed by atoms with Gasteiger partial charge in [0, 0.05) is 18.6 Å². The standard InChI is InChI=1S/C15H19N/c1-3-15-11-7-8-12-16(15)13(2)14-9-5-4-6-10-14/h3-7,9-11,13,15H,1,8,12H2,2H3/t13-,15-/m1/s1. The first-order valence-electron chi connectivity index (χ1n) is 5.93. The molecule has 0 saturated carbocycles. The maximum Gasteiger partial charge on any atom is 0.0465 e. The fourth-order valence-corrected chi connectivity index (χ4v) is 2.31. The Hall–Kier alpha value is -1.34. The van der Waals surface area contributed by atoms with E-state index in [4.69, 9.17) is 0 Å². The predicted molar refractivity (Wildman–Crippen MR) is 69.3 cm³/mol. The second-order valence-electron chi connectivity index (χ2n) is 4.27. The molecule has 0 bridgehead atoms. The van der Waals surface area contributed by atoms with Crippen LogP contribution in [0.2, 0.25) is 0 Å². The van der Waals surface area contributed by atoms with Crippen LogP contribution in [0.25, 0.3) is 0 Å². The van der Waals surface area contributed by atoms with E-state index in [9.17, 15) is 0 Å². The molecule has 0 unspecified atom stereocenters. The summed E-state index contributed by atoms with van der Waals surface area (Å²) in [5.74, 6) is 0. The first-order valence-corrected chi connectivity index (χ1v) is 5.93. The summed E-state index contributed by atoms with van der Waals surface area (Å²) in [6.07, 6.45) is 7.66. The maximum atomic E-state index is 3.92. The smallest absolute Gasteiger partial charge is 0.0465 e. The molecule has 0 radical (unpaired) electrons. The minimum absolute atomic E-state index is 0.379. The van der Waals surface area contributed by atoms with Crippen molar-refractivity contribution in [3.63, 3.8) is 0 Å². The van der Waals surface area contributed by atoms with Crippen molar-refractivity contribution in [1.82, 2.24) is 4.90 Å². The van der Waals surface area contributed by atoms with E-state index < -0.39 is 0 Å². The molecule has 1 aliphatic rings. The number of hydrogen-bond donors (Lipinski definition) is 0. The molecule has 1 aromatic rings. The zero-order valence-corrected chi connectivity index (χ0v) is 9.84. The monoisotopic (exact) mass is 213 g/mol. The molecule has 0 spiro atoms. The first-order chi connectivity index (χ1) is 7.83. The fourth-order valence-electron chi connectivity index (χ4n) is 2.31. The number of benzene rings is 1. The summed E-state index contributed by atoms with van der Waals surface area (Å²) in [5.41, 5.74) is 1.38. The van der Waals surface area contributed by atoms with Crippen LogP contribution in [-0.4, -0.2) is 17.5 Å². The number of nitrogens with zero attached hydrogens (tertiary/aromatic N) is 1. The SMILES string of the molecule is C=C[C@@H]1C=CCCN1[C@H](C)c1ccccc1. The lowest BCUT2D eigenvalue weighted by Gasteiger charge is -2.35. The first kappa shape index (κ1) is 11.2. The van der Waals surface area contributed by atoms with E-state index in [2.05, 4.69) is 60.9 Å². The van der Waals surface area contributed by atoms with Gasteiger partial charge in [0.25, 0.3) is 0 Å². The average Bonchev–Trinajstić information content (AvgIpc) is 2.39. The van der Waals surface area contributed by atoms with Crippen LogP contribution in [0.3, 0.4) is 0 Å². The van der Waals surface area contributed by atoms with Gasteiger partial charge in [-0.25, -0.2) is 0 Å². The summed E-state index contributed by atoms with van der Waals surface area (Å²) >= 11 is 0. The van der Waals surface area contributed by atoms with Crippen LogP contribution in [0.1, 0.15) is 24.9 Å². The molecule has 0 N–H and O–H groups in total. The van der Waals surface area contributed by atoms with Crippen molar-refractivity contribution in [1.29, 1.82) is 0 Å². The lowest BCUT2D eigenvalue weighted by Crippen LogP contribution is -2.37. The molecule has 1 aliphatic heterocycles. The third-order valence-electron chi connectivity index (χ3n) is 3.29. The highest BCUT2D eigenvalue weighted by Gasteiger charge is 2.21. The van der Waals surface area contributed by atoms with E-state index in [1.807, 2.05) is 6.08 Å². The summed E-state index contributed by atoms with van der Waals surface area (Å²) in [6, 6.07) is 11.5. The number of hydrogen-bond acceptors (Lipinski definition) is 1. The van der Waals surface area contributed by atoms with Gasteiger partial charge in [0.15, 0.2) is 0 Å². The van der Waals surface area contributed by atoms with Gasteiger partial charge in [-0.1, -0.05) is 48.6 Å². The molecule has 0 aromatic heterocycles. The molecular weight excluding hydrogens is 194 g/mol. The Balaban J connectivity index is 2.18. The van der Waals surface area contributed by atoms with Gasteiger partial charge in [0.2, 0.25) is 0 Å². The Morgan fingerprint density at radius 3 is 2.81 bits per heavy atom. The highest BCUT2D eigenvalue weighted by molar-refractivity contribution is 5.20. The summed E-state index contributed by atoms with van der Waals surface area (Å²) in [4.78, 5) is 2.49. The van der Waals surface area contributed by atoms with E-state index in [-0.39, 0.29) is 0 Å². The topological polar surface area (TPSA) is 3.24 Å². The molecule has 0 aliphatic carbocycles. The van der Waals surface area contributed by atoms with Crippen molar-refractivity contribution in [2.24, 2.45) is 0 Å². The van der Waals surface area contributed by atoms with E-state index >= 15 is 0 Å². The fraction of sp³-hybridized carbons (Fsp3) is 0.333. The minimum atomic E-state index is 0.379. The third kappa shape index (κ3) is 2.25. The molecule has 2 atom stereocenters. The largest absolute Gasteiger partial charge is 0.286 e. The molecule has 1 heterocycles. The van der Waals surface area contributed by atoms with Gasteiger partial charge >= 0.3 is 0 Å². The second kappa shape index (κ2) is 5.13. The zero-order chi connectivity index (χ0) is 11.4. The minimum Gasteiger partial charge on any atom is -0.286 e. The Bertz CT molecular complexity index is 366. The van der Waals surface area contributed by atoms with E-state index in [0.29, 0.717) is 12.1 Å². The van der Waals surface area contributed by atoms with E-state index in [1.54, 1.807) is 0 Å². The molecular formula is C15H19N. The highest BCUT2D eigenvalue weighted by Crippen LogP contribution is 2.25. The van der Waals surface area contributed by atoms with Crippen molar-refractivity contribution >= 4 is 0 Å². The van der Waals surface area contributed by atoms with Gasteiger partial charge in [-0.2, -0.15) is 0 Å². The normalized spacial score (nSPS) is 22.9. The summed E-state index contributed by atoms with van der Waals surface area (Å²) in [6.45, 7) is 7.30. The molecule has 1 heteroatoms. The highest BCUT2D eigenvalue weighted by atomic mass is 15.2. The third-order valence-corrected chi connectivity index (χ3v) is 3.29. The van der Waals surface area contributed by atoms with Crippen LogP contribution >= 0.6 is 0 Å². The molecule has 2 rings (SSSR count). The molecule has 0 fully saturated rings. The van der Waals surface area contributed by atoms with Gasteiger partial charge in [-0.05, 0) is 18.9 Å². The molecule has 16 heavy (non-hydrogen) atoms. The average molecular weight is 213 g/mol. The van der Waals surface area contributed by atoms with Crippen LogP contribution < -0.4 is 0 Å². The van der Waals surface area contributed by atoms with Crippen molar-refractivity contribution in [2.75, 3.05) is 6.54 Å². The molecule has 84 valence electrons. The zero-order valence-electron chi connectivity index (χ0n) is 9.84.